The van der Waals surface area contributed by atoms with Crippen LogP contribution in [-0.2, 0) is 28.2 Å². The van der Waals surface area contributed by atoms with Gasteiger partial charge in [0.2, 0.25) is 11.5 Å². The van der Waals surface area contributed by atoms with Gasteiger partial charge in [-0.15, -0.1) is 0 Å². The molecule has 18 heavy (non-hydrogen) atoms. The fourth-order valence-corrected chi connectivity index (χ4v) is 1.75. The zero-order valence-electron chi connectivity index (χ0n) is 10.4. The van der Waals surface area contributed by atoms with Gasteiger partial charge in [0.25, 0.3) is 0 Å². The van der Waals surface area contributed by atoms with E-state index in [0.29, 0.717) is 12.6 Å². The van der Waals surface area contributed by atoms with Gasteiger partial charge in [-0.2, -0.15) is 0 Å². The third-order valence-electron chi connectivity index (χ3n) is 2.60. The van der Waals surface area contributed by atoms with E-state index in [1.165, 1.54) is 0 Å². The Bertz CT molecular complexity index is 358. The second-order valence-corrected chi connectivity index (χ2v) is 4.14. The van der Waals surface area contributed by atoms with Gasteiger partial charge < -0.3 is 18.6 Å². The zero-order valence-corrected chi connectivity index (χ0v) is 10.4. The number of hydrogen-bond donors (Lipinski definition) is 0. The summed E-state index contributed by atoms with van der Waals surface area (Å²) >= 11 is 0. The Morgan fingerprint density at radius 1 is 0.778 bits per heavy atom. The Morgan fingerprint density at radius 2 is 1.17 bits per heavy atom. The van der Waals surface area contributed by atoms with Crippen LogP contribution in [0.3, 0.4) is 0 Å². The van der Waals surface area contributed by atoms with Gasteiger partial charge in [-0.25, -0.2) is 9.59 Å². The maximum Gasteiger partial charge on any atom is 0.597 e. The lowest BCUT2D eigenvalue weighted by molar-refractivity contribution is -0.145. The van der Waals surface area contributed by atoms with Crippen molar-refractivity contribution in [2.75, 3.05) is 0 Å². The van der Waals surface area contributed by atoms with Crippen LogP contribution in [0.5, 0.6) is 0 Å². The van der Waals surface area contributed by atoms with Crippen LogP contribution < -0.4 is 0 Å². The molecule has 0 saturated carbocycles. The number of rotatable bonds is 4. The molecule has 0 bridgehead atoms. The van der Waals surface area contributed by atoms with Crippen LogP contribution in [0.4, 0.5) is 0 Å². The van der Waals surface area contributed by atoms with Crippen molar-refractivity contribution in [2.24, 2.45) is 0 Å². The van der Waals surface area contributed by atoms with Crippen molar-refractivity contribution in [1.29, 1.82) is 0 Å². The number of hydrogen-bond acceptors (Lipinski definition) is 6. The molecule has 0 aromatic rings. The first kappa shape index (κ1) is 12.9. The maximum atomic E-state index is 11.7. The van der Waals surface area contributed by atoms with E-state index < -0.39 is 26.2 Å². The Balaban J connectivity index is 2.16. The zero-order chi connectivity index (χ0) is 13.1. The highest BCUT2D eigenvalue weighted by atomic mass is 16.7. The van der Waals surface area contributed by atoms with Crippen molar-refractivity contribution in [3.63, 3.8) is 0 Å². The fourth-order valence-electron chi connectivity index (χ4n) is 1.75. The first-order valence-corrected chi connectivity index (χ1v) is 6.15. The third kappa shape index (κ3) is 2.47. The summed E-state index contributed by atoms with van der Waals surface area (Å²) in [5.41, 5.74) is 0. The molecule has 2 rings (SSSR count). The number of carbonyl (C=O) groups excluding carboxylic acids is 2. The monoisotopic (exact) mass is 252 g/mol. The Labute approximate surface area is 106 Å². The van der Waals surface area contributed by atoms with Crippen molar-refractivity contribution in [3.8, 4) is 0 Å². The van der Waals surface area contributed by atoms with Gasteiger partial charge in [0.05, 0.1) is 0 Å². The third-order valence-corrected chi connectivity index (χ3v) is 2.60. The van der Waals surface area contributed by atoms with E-state index in [2.05, 4.69) is 0 Å². The molecule has 0 aliphatic carbocycles. The van der Waals surface area contributed by atoms with E-state index in [9.17, 15) is 9.59 Å². The van der Waals surface area contributed by atoms with Gasteiger partial charge >= 0.3 is 26.2 Å². The minimum absolute atomic E-state index is 0.169. The standard InChI is InChI=1S/C10H14B2O6/c1-3-5-11-15-7-8(9(13)17-11)16-12(6-4-2)18-10(7)14/h3-6H2,1-2H3. The molecule has 0 atom stereocenters. The molecular weight excluding hydrogens is 238 g/mol. The van der Waals surface area contributed by atoms with Crippen LogP contribution in [0, 0.1) is 0 Å². The van der Waals surface area contributed by atoms with E-state index >= 15 is 0 Å². The molecule has 0 spiro atoms. The lowest BCUT2D eigenvalue weighted by Gasteiger charge is -2.29. The first-order chi connectivity index (χ1) is 8.65. The predicted octanol–water partition coefficient (Wildman–Crippen LogP) is 1.14. The van der Waals surface area contributed by atoms with Crippen LogP contribution in [0.2, 0.25) is 12.6 Å². The van der Waals surface area contributed by atoms with Crippen molar-refractivity contribution in [3.05, 3.63) is 11.5 Å². The summed E-state index contributed by atoms with van der Waals surface area (Å²) in [4.78, 5) is 23.4. The van der Waals surface area contributed by atoms with Crippen molar-refractivity contribution in [1.82, 2.24) is 0 Å². The maximum absolute atomic E-state index is 11.7. The molecule has 2 aliphatic heterocycles. The molecule has 0 aromatic carbocycles. The second-order valence-electron chi connectivity index (χ2n) is 4.14. The van der Waals surface area contributed by atoms with Gasteiger partial charge in [-0.05, 0) is 0 Å². The van der Waals surface area contributed by atoms with E-state index in [1.54, 1.807) is 0 Å². The minimum atomic E-state index is -0.736. The normalized spacial score (nSPS) is 18.8. The summed E-state index contributed by atoms with van der Waals surface area (Å²) in [7, 11) is -1.47. The van der Waals surface area contributed by atoms with Crippen LogP contribution in [0.15, 0.2) is 11.5 Å². The van der Waals surface area contributed by atoms with Crippen molar-refractivity contribution < 1.29 is 28.2 Å². The van der Waals surface area contributed by atoms with Gasteiger partial charge in [0.15, 0.2) is 0 Å². The van der Waals surface area contributed by atoms with Crippen LogP contribution in [-0.4, -0.2) is 26.2 Å². The Hall–Kier alpha value is -1.59. The van der Waals surface area contributed by atoms with Crippen LogP contribution in [0.1, 0.15) is 26.7 Å². The summed E-state index contributed by atoms with van der Waals surface area (Å²) in [5, 5.41) is 0. The first-order valence-electron chi connectivity index (χ1n) is 6.15. The average molecular weight is 252 g/mol. The average Bonchev–Trinajstić information content (AvgIpc) is 2.32. The second kappa shape index (κ2) is 5.37. The highest BCUT2D eigenvalue weighted by Gasteiger charge is 2.46. The fraction of sp³-hybridized carbons (Fsp3) is 0.600. The quantitative estimate of drug-likeness (QED) is 0.698. The predicted molar refractivity (Wildman–Crippen MR) is 63.1 cm³/mol. The molecule has 0 saturated heterocycles. The lowest BCUT2D eigenvalue weighted by Crippen LogP contribution is -2.43. The number of carbonyl (C=O) groups is 2. The molecule has 0 amide bonds. The summed E-state index contributed by atoms with van der Waals surface area (Å²) in [6, 6.07) is 0. The largest absolute Gasteiger partial charge is 0.597 e. The summed E-state index contributed by atoms with van der Waals surface area (Å²) in [5.74, 6) is -1.66. The van der Waals surface area contributed by atoms with Gasteiger partial charge in [-0.3, -0.25) is 0 Å². The minimum Gasteiger partial charge on any atom is -0.518 e. The molecule has 8 heteroatoms. The SMILES string of the molecule is CCCB1OC(=O)C2=C(O1)C(=O)OB(CCC)O2. The smallest absolute Gasteiger partial charge is 0.518 e. The summed E-state index contributed by atoms with van der Waals surface area (Å²) in [6.45, 7) is 3.85. The molecule has 0 radical (unpaired) electrons. The van der Waals surface area contributed by atoms with E-state index in [4.69, 9.17) is 18.6 Å². The summed E-state index contributed by atoms with van der Waals surface area (Å²) in [6.07, 6.45) is 2.59. The highest BCUT2D eigenvalue weighted by Crippen LogP contribution is 2.27. The van der Waals surface area contributed by atoms with Crippen LogP contribution in [0.25, 0.3) is 0 Å². The molecule has 2 heterocycles. The Kier molecular flexibility index (Phi) is 3.84. The van der Waals surface area contributed by atoms with E-state index in [1.807, 2.05) is 13.8 Å². The highest BCUT2D eigenvalue weighted by molar-refractivity contribution is 6.52. The molecule has 0 aromatic heterocycles. The lowest BCUT2D eigenvalue weighted by atomic mass is 9.80. The molecule has 0 unspecified atom stereocenters. The molecule has 0 N–H and O–H groups in total. The molecule has 96 valence electrons. The van der Waals surface area contributed by atoms with Gasteiger partial charge in [0.1, 0.15) is 0 Å². The van der Waals surface area contributed by atoms with Gasteiger partial charge in [0, 0.05) is 12.6 Å². The Morgan fingerprint density at radius 3 is 1.50 bits per heavy atom. The van der Waals surface area contributed by atoms with E-state index in [0.717, 1.165) is 12.8 Å². The topological polar surface area (TPSA) is 71.1 Å². The molecule has 2 aliphatic rings. The molecule has 0 fully saturated rings. The van der Waals surface area contributed by atoms with Gasteiger partial charge in [-0.1, -0.05) is 26.7 Å². The molecular formula is C10H14B2O6. The van der Waals surface area contributed by atoms with Crippen LogP contribution >= 0.6 is 0 Å². The van der Waals surface area contributed by atoms with E-state index in [-0.39, 0.29) is 11.5 Å². The molecule has 6 nitrogen and oxygen atoms in total. The van der Waals surface area contributed by atoms with Crippen molar-refractivity contribution in [2.45, 2.75) is 39.3 Å². The van der Waals surface area contributed by atoms with Crippen molar-refractivity contribution >= 4 is 26.2 Å². The summed E-state index contributed by atoms with van der Waals surface area (Å²) < 4.78 is 20.6.